The zero-order chi connectivity index (χ0) is 14.3. The molecule has 2 saturated heterocycles. The Bertz CT molecular complexity index is 417. The minimum absolute atomic E-state index is 0.249. The molecule has 0 spiro atoms. The zero-order valence-electron chi connectivity index (χ0n) is 13.1. The second-order valence-electron chi connectivity index (χ2n) is 7.70. The predicted molar refractivity (Wildman–Crippen MR) is 82.9 cm³/mol. The molecule has 21 heavy (non-hydrogen) atoms. The maximum Gasteiger partial charge on any atom is 0.122 e. The number of nitrogens with zero attached hydrogens (tertiary/aromatic N) is 3. The van der Waals surface area contributed by atoms with Gasteiger partial charge in [0.2, 0.25) is 0 Å². The van der Waals surface area contributed by atoms with Gasteiger partial charge in [-0.2, -0.15) is 5.26 Å². The fraction of sp³-hybridized carbons (Fsp3) is 0.941. The van der Waals surface area contributed by atoms with Gasteiger partial charge in [0.05, 0.1) is 6.07 Å². The van der Waals surface area contributed by atoms with Crippen LogP contribution in [0.2, 0.25) is 0 Å². The van der Waals surface area contributed by atoms with Crippen molar-refractivity contribution in [3.8, 4) is 6.07 Å². The van der Waals surface area contributed by atoms with Crippen LogP contribution in [0.1, 0.15) is 44.9 Å². The third-order valence-electron chi connectivity index (χ3n) is 5.89. The van der Waals surface area contributed by atoms with E-state index in [1.54, 1.807) is 0 Å². The van der Waals surface area contributed by atoms with Gasteiger partial charge < -0.3 is 0 Å². The molecule has 0 aromatic carbocycles. The van der Waals surface area contributed by atoms with Gasteiger partial charge in [0.25, 0.3) is 0 Å². The van der Waals surface area contributed by atoms with Crippen LogP contribution in [0.3, 0.4) is 0 Å². The first-order valence-corrected chi connectivity index (χ1v) is 8.94. The maximum absolute atomic E-state index is 9.85. The maximum atomic E-state index is 9.85. The lowest BCUT2D eigenvalue weighted by Gasteiger charge is -2.33. The summed E-state index contributed by atoms with van der Waals surface area (Å²) in [5, 5.41) is 13.6. The molecule has 0 bridgehead atoms. The Balaban J connectivity index is 1.38. The lowest BCUT2D eigenvalue weighted by molar-refractivity contribution is 0.197. The van der Waals surface area contributed by atoms with E-state index in [1.165, 1.54) is 71.1 Å². The van der Waals surface area contributed by atoms with Crippen LogP contribution in [0, 0.1) is 17.2 Å². The largest absolute Gasteiger partial charge is 0.299 e. The van der Waals surface area contributed by atoms with E-state index in [0.29, 0.717) is 12.0 Å². The van der Waals surface area contributed by atoms with Crippen molar-refractivity contribution in [1.29, 1.82) is 5.26 Å². The first kappa shape index (κ1) is 14.0. The molecule has 4 aliphatic rings. The summed E-state index contributed by atoms with van der Waals surface area (Å²) in [5.74, 6) is 0.605. The van der Waals surface area contributed by atoms with Crippen LogP contribution in [0.4, 0.5) is 0 Å². The van der Waals surface area contributed by atoms with Crippen LogP contribution < -0.4 is 5.32 Å². The first-order chi connectivity index (χ1) is 10.3. The summed E-state index contributed by atoms with van der Waals surface area (Å²) < 4.78 is 0. The van der Waals surface area contributed by atoms with Crippen molar-refractivity contribution < 1.29 is 0 Å². The van der Waals surface area contributed by atoms with Gasteiger partial charge in [-0.1, -0.05) is 0 Å². The molecule has 2 atom stereocenters. The number of nitriles is 1. The molecule has 2 aliphatic heterocycles. The Morgan fingerprint density at radius 1 is 1.05 bits per heavy atom. The summed E-state index contributed by atoms with van der Waals surface area (Å²) in [7, 11) is 0. The van der Waals surface area contributed by atoms with E-state index in [-0.39, 0.29) is 5.54 Å². The van der Waals surface area contributed by atoms with Crippen LogP contribution in [-0.2, 0) is 0 Å². The van der Waals surface area contributed by atoms with Gasteiger partial charge in [-0.3, -0.25) is 15.1 Å². The molecule has 4 fully saturated rings. The van der Waals surface area contributed by atoms with Crippen molar-refractivity contribution in [2.24, 2.45) is 5.92 Å². The van der Waals surface area contributed by atoms with Crippen molar-refractivity contribution >= 4 is 0 Å². The van der Waals surface area contributed by atoms with Crippen molar-refractivity contribution in [2.75, 3.05) is 32.7 Å². The highest BCUT2D eigenvalue weighted by atomic mass is 15.3. The average molecular weight is 288 g/mol. The first-order valence-electron chi connectivity index (χ1n) is 8.94. The van der Waals surface area contributed by atoms with E-state index in [4.69, 9.17) is 0 Å². The van der Waals surface area contributed by atoms with Gasteiger partial charge in [0.15, 0.2) is 0 Å². The minimum atomic E-state index is -0.249. The molecular weight excluding hydrogens is 260 g/mol. The van der Waals surface area contributed by atoms with Gasteiger partial charge in [0.1, 0.15) is 5.54 Å². The molecule has 4 rings (SSSR count). The average Bonchev–Trinajstić information content (AvgIpc) is 3.40. The summed E-state index contributed by atoms with van der Waals surface area (Å²) in [4.78, 5) is 5.25. The molecule has 2 saturated carbocycles. The van der Waals surface area contributed by atoms with Crippen molar-refractivity contribution in [3.63, 3.8) is 0 Å². The predicted octanol–water partition coefficient (Wildman–Crippen LogP) is 1.58. The van der Waals surface area contributed by atoms with E-state index in [1.807, 2.05) is 0 Å². The lowest BCUT2D eigenvalue weighted by atomic mass is 9.94. The normalized spacial score (nSPS) is 34.0. The second-order valence-corrected chi connectivity index (χ2v) is 7.70. The highest BCUT2D eigenvalue weighted by molar-refractivity contribution is 5.19. The topological polar surface area (TPSA) is 42.3 Å². The van der Waals surface area contributed by atoms with Crippen LogP contribution in [0.15, 0.2) is 0 Å². The third kappa shape index (κ3) is 2.97. The molecule has 0 amide bonds. The fourth-order valence-corrected chi connectivity index (χ4v) is 4.33. The molecule has 1 N–H and O–H groups in total. The molecule has 4 nitrogen and oxygen atoms in total. The molecular formula is C17H28N4. The van der Waals surface area contributed by atoms with Crippen LogP contribution in [0.25, 0.3) is 0 Å². The van der Waals surface area contributed by atoms with Crippen LogP contribution in [-0.4, -0.2) is 60.1 Å². The highest BCUT2D eigenvalue weighted by Gasteiger charge is 2.49. The molecule has 2 aliphatic carbocycles. The number of hydrogen-bond donors (Lipinski definition) is 1. The molecule has 0 aromatic rings. The quantitative estimate of drug-likeness (QED) is 0.806. The summed E-state index contributed by atoms with van der Waals surface area (Å²) in [6.45, 7) is 5.91. The molecule has 116 valence electrons. The smallest absolute Gasteiger partial charge is 0.122 e. The summed E-state index contributed by atoms with van der Waals surface area (Å²) in [6.07, 6.45) is 9.09. The highest BCUT2D eigenvalue weighted by Crippen LogP contribution is 2.42. The Labute approximate surface area is 128 Å². The summed E-state index contributed by atoms with van der Waals surface area (Å²) >= 11 is 0. The van der Waals surface area contributed by atoms with Crippen molar-refractivity contribution in [1.82, 2.24) is 15.1 Å². The van der Waals surface area contributed by atoms with Crippen molar-refractivity contribution in [2.45, 2.75) is 62.6 Å². The third-order valence-corrected chi connectivity index (χ3v) is 5.89. The number of hydrogen-bond acceptors (Lipinski definition) is 4. The van der Waals surface area contributed by atoms with E-state index >= 15 is 0 Å². The number of nitrogens with one attached hydrogen (secondary N) is 1. The Morgan fingerprint density at radius 3 is 2.43 bits per heavy atom. The standard InChI is InChI=1S/C17H28N4/c18-12-17(14-3-4-14,19-15-5-6-15)13-20-10-7-16(11-20)21-8-1-2-9-21/h14-16,19H,1-11,13H2. The zero-order valence-corrected chi connectivity index (χ0v) is 13.1. The van der Waals surface area contributed by atoms with E-state index < -0.39 is 0 Å². The van der Waals surface area contributed by atoms with Gasteiger partial charge in [-0.15, -0.1) is 0 Å². The molecule has 0 aromatic heterocycles. The Hall–Kier alpha value is -0.630. The second kappa shape index (κ2) is 5.53. The number of likely N-dealkylation sites (tertiary alicyclic amines) is 2. The minimum Gasteiger partial charge on any atom is -0.299 e. The molecule has 2 heterocycles. The summed E-state index contributed by atoms with van der Waals surface area (Å²) in [6, 6.07) is 4.07. The van der Waals surface area contributed by atoms with Crippen LogP contribution in [0.5, 0.6) is 0 Å². The lowest BCUT2D eigenvalue weighted by Crippen LogP contribution is -2.55. The SMILES string of the molecule is N#CC(CN1CCC(N2CCCC2)C1)(NC1CC1)C1CC1. The monoisotopic (exact) mass is 288 g/mol. The van der Waals surface area contributed by atoms with Crippen LogP contribution >= 0.6 is 0 Å². The molecule has 2 unspecified atom stereocenters. The van der Waals surface area contributed by atoms with E-state index in [9.17, 15) is 5.26 Å². The summed E-state index contributed by atoms with van der Waals surface area (Å²) in [5.41, 5.74) is -0.249. The molecule has 0 radical (unpaired) electrons. The number of rotatable bonds is 6. The van der Waals surface area contributed by atoms with Gasteiger partial charge in [-0.05, 0) is 70.5 Å². The van der Waals surface area contributed by atoms with E-state index in [0.717, 1.165) is 12.6 Å². The van der Waals surface area contributed by atoms with Gasteiger partial charge in [0, 0.05) is 25.2 Å². The Morgan fingerprint density at radius 2 is 1.81 bits per heavy atom. The fourth-order valence-electron chi connectivity index (χ4n) is 4.33. The van der Waals surface area contributed by atoms with E-state index in [2.05, 4.69) is 21.2 Å². The Kier molecular flexibility index (Phi) is 3.69. The van der Waals surface area contributed by atoms with Gasteiger partial charge >= 0.3 is 0 Å². The van der Waals surface area contributed by atoms with Crippen molar-refractivity contribution in [3.05, 3.63) is 0 Å². The van der Waals surface area contributed by atoms with Gasteiger partial charge in [-0.25, -0.2) is 0 Å². The molecule has 4 heteroatoms.